The molecule has 5 nitrogen and oxygen atoms in total. The number of aryl methyl sites for hydroxylation is 2. The molecule has 0 spiro atoms. The van der Waals surface area contributed by atoms with Crippen LogP contribution < -0.4 is 5.32 Å². The molecule has 1 unspecified atom stereocenters. The van der Waals surface area contributed by atoms with E-state index < -0.39 is 0 Å². The lowest BCUT2D eigenvalue weighted by Crippen LogP contribution is -2.48. The zero-order valence-electron chi connectivity index (χ0n) is 15.2. The summed E-state index contributed by atoms with van der Waals surface area (Å²) in [5.74, 6) is 0.512. The van der Waals surface area contributed by atoms with Crippen molar-refractivity contribution in [1.82, 2.24) is 20.4 Å². The Hall–Kier alpha value is -1.44. The number of nitrogens with one attached hydrogen (secondary N) is 1. The standard InChI is InChI=1S/C19H26N4OS2/c1-15-21-22-19(26-15)25-14-18(24)20-17-10-6-12-23(13-17)11-5-9-16-7-3-2-4-8-16/h2-4,7-8,17H,5-6,9-14H2,1H3,(H,20,24). The van der Waals surface area contributed by atoms with Crippen molar-refractivity contribution in [3.8, 4) is 0 Å². The molecule has 1 amide bonds. The predicted molar refractivity (Wildman–Crippen MR) is 108 cm³/mol. The van der Waals surface area contributed by atoms with E-state index in [2.05, 4.69) is 50.7 Å². The second-order valence-corrected chi connectivity index (χ2v) is 9.08. The average molecular weight is 391 g/mol. The SMILES string of the molecule is Cc1nnc(SCC(=O)NC2CCCN(CCCc3ccccc3)C2)s1. The number of rotatable bonds is 8. The minimum atomic E-state index is 0.0963. The van der Waals surface area contributed by atoms with Crippen LogP contribution in [0.1, 0.15) is 29.8 Å². The monoisotopic (exact) mass is 390 g/mol. The van der Waals surface area contributed by atoms with Crippen LogP contribution in [0.25, 0.3) is 0 Å². The van der Waals surface area contributed by atoms with Crippen LogP contribution in [0.3, 0.4) is 0 Å². The summed E-state index contributed by atoms with van der Waals surface area (Å²) in [6.45, 7) is 5.12. The molecule has 7 heteroatoms. The van der Waals surface area contributed by atoms with Gasteiger partial charge in [0.15, 0.2) is 4.34 Å². The average Bonchev–Trinajstić information content (AvgIpc) is 3.07. The smallest absolute Gasteiger partial charge is 0.230 e. The molecule has 1 aliphatic rings. The number of amides is 1. The zero-order valence-corrected chi connectivity index (χ0v) is 16.8. The van der Waals surface area contributed by atoms with E-state index in [0.29, 0.717) is 5.75 Å². The highest BCUT2D eigenvalue weighted by Gasteiger charge is 2.21. The summed E-state index contributed by atoms with van der Waals surface area (Å²) in [5.41, 5.74) is 1.40. The Balaban J connectivity index is 1.35. The molecule has 0 aliphatic carbocycles. The third-order valence-corrected chi connectivity index (χ3v) is 6.46. The van der Waals surface area contributed by atoms with Crippen LogP contribution >= 0.6 is 23.1 Å². The van der Waals surface area contributed by atoms with E-state index in [9.17, 15) is 4.79 Å². The van der Waals surface area contributed by atoms with Crippen molar-refractivity contribution in [2.24, 2.45) is 0 Å². The molecular weight excluding hydrogens is 364 g/mol. The molecule has 0 bridgehead atoms. The van der Waals surface area contributed by atoms with Crippen LogP contribution in [0.4, 0.5) is 0 Å². The van der Waals surface area contributed by atoms with Crippen molar-refractivity contribution in [2.45, 2.75) is 43.0 Å². The third kappa shape index (κ3) is 6.37. The van der Waals surface area contributed by atoms with Gasteiger partial charge in [-0.05, 0) is 51.3 Å². The lowest BCUT2D eigenvalue weighted by atomic mass is 10.0. The van der Waals surface area contributed by atoms with Crippen molar-refractivity contribution in [2.75, 3.05) is 25.4 Å². The first-order valence-electron chi connectivity index (χ1n) is 9.17. The summed E-state index contributed by atoms with van der Waals surface area (Å²) in [6, 6.07) is 10.9. The van der Waals surface area contributed by atoms with Gasteiger partial charge in [-0.2, -0.15) is 0 Å². The quantitative estimate of drug-likeness (QED) is 0.702. The van der Waals surface area contributed by atoms with Crippen LogP contribution in [0.5, 0.6) is 0 Å². The summed E-state index contributed by atoms with van der Waals surface area (Å²) < 4.78 is 0.865. The van der Waals surface area contributed by atoms with E-state index in [4.69, 9.17) is 0 Å². The van der Waals surface area contributed by atoms with Gasteiger partial charge in [0, 0.05) is 12.6 Å². The number of hydrogen-bond acceptors (Lipinski definition) is 6. The van der Waals surface area contributed by atoms with Gasteiger partial charge in [0.1, 0.15) is 5.01 Å². The Labute approximate surface area is 163 Å². The molecule has 1 atom stereocenters. The fourth-order valence-electron chi connectivity index (χ4n) is 3.26. The lowest BCUT2D eigenvalue weighted by molar-refractivity contribution is -0.119. The number of hydrogen-bond donors (Lipinski definition) is 1. The summed E-state index contributed by atoms with van der Waals surface area (Å²) in [7, 11) is 0. The first-order chi connectivity index (χ1) is 12.7. The van der Waals surface area contributed by atoms with Crippen molar-refractivity contribution in [1.29, 1.82) is 0 Å². The number of benzene rings is 1. The minimum Gasteiger partial charge on any atom is -0.351 e. The second kappa shape index (κ2) is 10.0. The first-order valence-corrected chi connectivity index (χ1v) is 11.0. The highest BCUT2D eigenvalue weighted by molar-refractivity contribution is 8.01. The predicted octanol–water partition coefficient (Wildman–Crippen LogP) is 3.15. The van der Waals surface area contributed by atoms with Crippen molar-refractivity contribution in [3.05, 3.63) is 40.9 Å². The third-order valence-electron chi connectivity index (χ3n) is 4.49. The molecule has 1 aromatic heterocycles. The van der Waals surface area contributed by atoms with Gasteiger partial charge in [-0.3, -0.25) is 4.79 Å². The summed E-state index contributed by atoms with van der Waals surface area (Å²) in [4.78, 5) is 14.7. The van der Waals surface area contributed by atoms with Crippen molar-refractivity contribution in [3.63, 3.8) is 0 Å². The summed E-state index contributed by atoms with van der Waals surface area (Å²) in [6.07, 6.45) is 4.51. The normalized spacial score (nSPS) is 18.0. The Bertz CT molecular complexity index is 692. The highest BCUT2D eigenvalue weighted by Crippen LogP contribution is 2.21. The van der Waals surface area contributed by atoms with Crippen LogP contribution in [-0.4, -0.2) is 52.4 Å². The lowest BCUT2D eigenvalue weighted by Gasteiger charge is -2.33. The Kier molecular flexibility index (Phi) is 7.46. The number of carbonyl (C=O) groups excluding carboxylic acids is 1. The number of carbonyl (C=O) groups is 1. The van der Waals surface area contributed by atoms with E-state index in [1.165, 1.54) is 28.7 Å². The zero-order chi connectivity index (χ0) is 18.2. The van der Waals surface area contributed by atoms with Crippen molar-refractivity contribution < 1.29 is 4.79 Å². The van der Waals surface area contributed by atoms with Crippen molar-refractivity contribution >= 4 is 29.0 Å². The molecule has 2 aromatic rings. The van der Waals surface area contributed by atoms with E-state index in [1.54, 1.807) is 0 Å². The Morgan fingerprint density at radius 2 is 2.19 bits per heavy atom. The summed E-state index contributed by atoms with van der Waals surface area (Å²) >= 11 is 3.01. The molecule has 1 aromatic carbocycles. The maximum atomic E-state index is 12.2. The topological polar surface area (TPSA) is 58.1 Å². The number of nitrogens with zero attached hydrogens (tertiary/aromatic N) is 3. The molecule has 1 aliphatic heterocycles. The van der Waals surface area contributed by atoms with E-state index in [1.807, 2.05) is 6.92 Å². The molecule has 0 saturated carbocycles. The van der Waals surface area contributed by atoms with Gasteiger partial charge in [0.25, 0.3) is 0 Å². The maximum Gasteiger partial charge on any atom is 0.230 e. The molecule has 0 radical (unpaired) electrons. The van der Waals surface area contributed by atoms with Gasteiger partial charge in [-0.1, -0.05) is 53.4 Å². The van der Waals surface area contributed by atoms with E-state index in [-0.39, 0.29) is 11.9 Å². The van der Waals surface area contributed by atoms with Gasteiger partial charge in [0.2, 0.25) is 5.91 Å². The molecular formula is C19H26N4OS2. The number of piperidine rings is 1. The number of likely N-dealkylation sites (tertiary alicyclic amines) is 1. The van der Waals surface area contributed by atoms with Crippen LogP contribution in [-0.2, 0) is 11.2 Å². The number of thioether (sulfide) groups is 1. The highest BCUT2D eigenvalue weighted by atomic mass is 32.2. The molecule has 140 valence electrons. The van der Waals surface area contributed by atoms with Gasteiger partial charge in [-0.25, -0.2) is 0 Å². The van der Waals surface area contributed by atoms with Gasteiger partial charge >= 0.3 is 0 Å². The molecule has 26 heavy (non-hydrogen) atoms. The first kappa shape index (κ1) is 19.3. The fraction of sp³-hybridized carbons (Fsp3) is 0.526. The molecule has 1 fully saturated rings. The maximum absolute atomic E-state index is 12.2. The van der Waals surface area contributed by atoms with E-state index >= 15 is 0 Å². The van der Waals surface area contributed by atoms with Gasteiger partial charge in [-0.15, -0.1) is 10.2 Å². The molecule has 2 heterocycles. The van der Waals surface area contributed by atoms with Crippen LogP contribution in [0, 0.1) is 6.92 Å². The minimum absolute atomic E-state index is 0.0963. The van der Waals surface area contributed by atoms with Crippen LogP contribution in [0.2, 0.25) is 0 Å². The fourth-order valence-corrected chi connectivity index (χ4v) is 4.89. The number of aromatic nitrogens is 2. The van der Waals surface area contributed by atoms with E-state index in [0.717, 1.165) is 54.7 Å². The molecule has 1 N–H and O–H groups in total. The Morgan fingerprint density at radius 1 is 1.35 bits per heavy atom. The van der Waals surface area contributed by atoms with Crippen LogP contribution in [0.15, 0.2) is 34.7 Å². The Morgan fingerprint density at radius 3 is 2.96 bits per heavy atom. The molecule has 1 saturated heterocycles. The van der Waals surface area contributed by atoms with Gasteiger partial charge in [0.05, 0.1) is 5.75 Å². The molecule has 3 rings (SSSR count). The second-order valence-electron chi connectivity index (χ2n) is 6.67. The summed E-state index contributed by atoms with van der Waals surface area (Å²) in [5, 5.41) is 12.2. The largest absolute Gasteiger partial charge is 0.351 e. The van der Waals surface area contributed by atoms with Gasteiger partial charge < -0.3 is 10.2 Å².